The number of likely N-dealkylation sites (N-methyl/N-ethyl adjacent to an activating group) is 1. The standard InChI is InChI=1S/C27H42NO2/c1-24(2)11-7-5-8-12-25-15-17-26(18-16-25)23-28(3,4)19-20-29-21-22-30-27-13-9-6-10-14-27/h6,9-10,13-18,24H,5,7-8,11-12,19-23H2,1-4H3/q+1. The van der Waals surface area contributed by atoms with Crippen molar-refractivity contribution >= 4 is 0 Å². The Morgan fingerprint density at radius 2 is 1.47 bits per heavy atom. The van der Waals surface area contributed by atoms with Crippen molar-refractivity contribution < 1.29 is 14.0 Å². The van der Waals surface area contributed by atoms with E-state index >= 15 is 0 Å². The predicted molar refractivity (Wildman–Crippen MR) is 127 cm³/mol. The zero-order chi connectivity index (χ0) is 21.7. The normalized spacial score (nSPS) is 11.8. The molecule has 0 amide bonds. The molecule has 0 unspecified atom stereocenters. The Bertz CT molecular complexity index is 680. The first-order chi connectivity index (χ1) is 14.4. The monoisotopic (exact) mass is 412 g/mol. The topological polar surface area (TPSA) is 18.5 Å². The Morgan fingerprint density at radius 3 is 2.17 bits per heavy atom. The van der Waals surface area contributed by atoms with Gasteiger partial charge in [-0.05, 0) is 36.5 Å². The molecule has 0 aliphatic carbocycles. The third kappa shape index (κ3) is 10.8. The second-order valence-electron chi connectivity index (χ2n) is 9.40. The summed E-state index contributed by atoms with van der Waals surface area (Å²) in [5.74, 6) is 1.73. The predicted octanol–water partition coefficient (Wildman–Crippen LogP) is 6.12. The molecule has 3 nitrogen and oxygen atoms in total. The van der Waals surface area contributed by atoms with Crippen LogP contribution < -0.4 is 4.74 Å². The van der Waals surface area contributed by atoms with Crippen molar-refractivity contribution in [3.8, 4) is 5.75 Å². The molecular weight excluding hydrogens is 370 g/mol. The fourth-order valence-electron chi connectivity index (χ4n) is 3.59. The number of ether oxygens (including phenoxy) is 2. The van der Waals surface area contributed by atoms with Crippen LogP contribution in [0.25, 0.3) is 0 Å². The largest absolute Gasteiger partial charge is 0.491 e. The molecule has 0 aliphatic rings. The molecule has 0 aliphatic heterocycles. The van der Waals surface area contributed by atoms with Crippen molar-refractivity contribution in [1.82, 2.24) is 0 Å². The molecule has 2 rings (SSSR count). The number of hydrogen-bond donors (Lipinski definition) is 0. The van der Waals surface area contributed by atoms with Gasteiger partial charge < -0.3 is 14.0 Å². The zero-order valence-corrected chi connectivity index (χ0v) is 19.6. The van der Waals surface area contributed by atoms with Crippen molar-refractivity contribution in [3.63, 3.8) is 0 Å². The van der Waals surface area contributed by atoms with Crippen LogP contribution in [0.5, 0.6) is 5.75 Å². The van der Waals surface area contributed by atoms with Crippen LogP contribution >= 0.6 is 0 Å². The van der Waals surface area contributed by atoms with Gasteiger partial charge in [-0.2, -0.15) is 0 Å². The number of benzene rings is 2. The van der Waals surface area contributed by atoms with Gasteiger partial charge in [0.1, 0.15) is 25.4 Å². The maximum Gasteiger partial charge on any atom is 0.119 e. The van der Waals surface area contributed by atoms with Gasteiger partial charge in [-0.25, -0.2) is 0 Å². The Hall–Kier alpha value is -1.84. The van der Waals surface area contributed by atoms with E-state index in [1.165, 1.54) is 43.2 Å². The van der Waals surface area contributed by atoms with Crippen molar-refractivity contribution in [1.29, 1.82) is 0 Å². The van der Waals surface area contributed by atoms with E-state index in [0.29, 0.717) is 13.2 Å². The average Bonchev–Trinajstić information content (AvgIpc) is 2.72. The van der Waals surface area contributed by atoms with E-state index in [-0.39, 0.29) is 0 Å². The smallest absolute Gasteiger partial charge is 0.119 e. The quantitative estimate of drug-likeness (QED) is 0.259. The van der Waals surface area contributed by atoms with E-state index in [4.69, 9.17) is 9.47 Å². The Labute approximate surface area is 184 Å². The Morgan fingerprint density at radius 1 is 0.767 bits per heavy atom. The van der Waals surface area contributed by atoms with Crippen LogP contribution in [0.1, 0.15) is 50.7 Å². The number of nitrogens with zero attached hydrogens (tertiary/aromatic N) is 1. The van der Waals surface area contributed by atoms with E-state index in [0.717, 1.165) is 35.8 Å². The van der Waals surface area contributed by atoms with Crippen LogP contribution in [-0.4, -0.2) is 44.9 Å². The third-order valence-corrected chi connectivity index (χ3v) is 5.46. The van der Waals surface area contributed by atoms with Gasteiger partial charge in [0.15, 0.2) is 0 Å². The fraction of sp³-hybridized carbons (Fsp3) is 0.556. The van der Waals surface area contributed by atoms with E-state index in [2.05, 4.69) is 52.2 Å². The molecule has 2 aromatic rings. The Balaban J connectivity index is 1.59. The molecule has 0 heterocycles. The third-order valence-electron chi connectivity index (χ3n) is 5.46. The lowest BCUT2D eigenvalue weighted by molar-refractivity contribution is -0.904. The molecule has 166 valence electrons. The summed E-state index contributed by atoms with van der Waals surface area (Å²) in [7, 11) is 4.54. The highest BCUT2D eigenvalue weighted by molar-refractivity contribution is 5.22. The molecule has 30 heavy (non-hydrogen) atoms. The van der Waals surface area contributed by atoms with Gasteiger partial charge in [-0.1, -0.05) is 75.6 Å². The second kappa shape index (κ2) is 13.5. The minimum Gasteiger partial charge on any atom is -0.491 e. The summed E-state index contributed by atoms with van der Waals surface area (Å²) >= 11 is 0. The summed E-state index contributed by atoms with van der Waals surface area (Å²) < 4.78 is 12.4. The highest BCUT2D eigenvalue weighted by atomic mass is 16.5. The Kier molecular flexibility index (Phi) is 11.0. The van der Waals surface area contributed by atoms with E-state index in [1.807, 2.05) is 30.3 Å². The molecule has 0 saturated carbocycles. The molecule has 0 bridgehead atoms. The van der Waals surface area contributed by atoms with Crippen LogP contribution in [0.2, 0.25) is 0 Å². The average molecular weight is 413 g/mol. The summed E-state index contributed by atoms with van der Waals surface area (Å²) in [6.07, 6.45) is 6.58. The number of quaternary nitrogens is 1. The number of rotatable bonds is 15. The van der Waals surface area contributed by atoms with Crippen LogP contribution in [0, 0.1) is 5.92 Å². The lowest BCUT2D eigenvalue weighted by Crippen LogP contribution is -2.41. The van der Waals surface area contributed by atoms with Crippen molar-refractivity contribution in [2.45, 2.75) is 52.5 Å². The van der Waals surface area contributed by atoms with E-state index < -0.39 is 0 Å². The number of para-hydroxylation sites is 1. The summed E-state index contributed by atoms with van der Waals surface area (Å²) in [4.78, 5) is 0. The van der Waals surface area contributed by atoms with Crippen molar-refractivity contribution in [3.05, 3.63) is 65.7 Å². The molecular formula is C27H42NO2+. The molecule has 0 N–H and O–H groups in total. The molecule has 0 aromatic heterocycles. The lowest BCUT2D eigenvalue weighted by Gasteiger charge is -2.29. The van der Waals surface area contributed by atoms with Gasteiger partial charge in [-0.3, -0.25) is 0 Å². The van der Waals surface area contributed by atoms with Gasteiger partial charge in [0.05, 0.1) is 27.3 Å². The molecule has 0 fully saturated rings. The first-order valence-electron chi connectivity index (χ1n) is 11.6. The van der Waals surface area contributed by atoms with Gasteiger partial charge in [0.2, 0.25) is 0 Å². The zero-order valence-electron chi connectivity index (χ0n) is 19.6. The van der Waals surface area contributed by atoms with Crippen molar-refractivity contribution in [2.24, 2.45) is 5.92 Å². The van der Waals surface area contributed by atoms with Crippen LogP contribution in [0.3, 0.4) is 0 Å². The number of unbranched alkanes of at least 4 members (excludes halogenated alkanes) is 2. The van der Waals surface area contributed by atoms with Crippen LogP contribution in [-0.2, 0) is 17.7 Å². The van der Waals surface area contributed by atoms with Gasteiger partial charge in [-0.15, -0.1) is 0 Å². The number of aryl methyl sites for hydroxylation is 1. The van der Waals surface area contributed by atoms with E-state index in [1.54, 1.807) is 0 Å². The minimum atomic E-state index is 0.594. The van der Waals surface area contributed by atoms with E-state index in [9.17, 15) is 0 Å². The molecule has 2 aromatic carbocycles. The summed E-state index contributed by atoms with van der Waals surface area (Å²) in [6.45, 7) is 8.61. The molecule has 0 atom stereocenters. The SMILES string of the molecule is CC(C)CCCCCc1ccc(C[N+](C)(C)CCOCCOc2ccccc2)cc1. The summed E-state index contributed by atoms with van der Waals surface area (Å²) in [5.41, 5.74) is 2.87. The highest BCUT2D eigenvalue weighted by Gasteiger charge is 2.15. The first kappa shape index (κ1) is 24.4. The summed E-state index contributed by atoms with van der Waals surface area (Å²) in [5, 5.41) is 0. The molecule has 0 radical (unpaired) electrons. The minimum absolute atomic E-state index is 0.594. The van der Waals surface area contributed by atoms with Crippen LogP contribution in [0.15, 0.2) is 54.6 Å². The summed E-state index contributed by atoms with van der Waals surface area (Å²) in [6, 6.07) is 19.1. The molecule has 0 saturated heterocycles. The molecule has 3 heteroatoms. The fourth-order valence-corrected chi connectivity index (χ4v) is 3.59. The lowest BCUT2D eigenvalue weighted by atomic mass is 10.0. The molecule has 0 spiro atoms. The van der Waals surface area contributed by atoms with Crippen molar-refractivity contribution in [2.75, 3.05) is 40.5 Å². The van der Waals surface area contributed by atoms with Gasteiger partial charge in [0, 0.05) is 5.56 Å². The van der Waals surface area contributed by atoms with Crippen LogP contribution in [0.4, 0.5) is 0 Å². The van der Waals surface area contributed by atoms with Gasteiger partial charge in [0.25, 0.3) is 0 Å². The highest BCUT2D eigenvalue weighted by Crippen LogP contribution is 2.14. The van der Waals surface area contributed by atoms with Gasteiger partial charge >= 0.3 is 0 Å². The first-order valence-corrected chi connectivity index (χ1v) is 11.6. The number of hydrogen-bond acceptors (Lipinski definition) is 2. The maximum atomic E-state index is 5.79. The second-order valence-corrected chi connectivity index (χ2v) is 9.40. The maximum absolute atomic E-state index is 5.79.